The van der Waals surface area contributed by atoms with Gasteiger partial charge in [0.2, 0.25) is 5.91 Å². The van der Waals surface area contributed by atoms with Gasteiger partial charge in [-0.05, 0) is 29.9 Å². The van der Waals surface area contributed by atoms with E-state index in [-0.39, 0.29) is 17.7 Å². The Morgan fingerprint density at radius 1 is 1.26 bits per heavy atom. The van der Waals surface area contributed by atoms with Gasteiger partial charge >= 0.3 is 5.97 Å². The largest absolute Gasteiger partial charge is 0.480 e. The molecular weight excluding hydrogens is 292 g/mol. The second-order valence-electron chi connectivity index (χ2n) is 7.09. The van der Waals surface area contributed by atoms with Crippen LogP contribution in [0.2, 0.25) is 0 Å². The monoisotopic (exact) mass is 316 g/mol. The third-order valence-electron chi connectivity index (χ3n) is 3.84. The first-order chi connectivity index (χ1) is 10.8. The number of amides is 1. The van der Waals surface area contributed by atoms with Gasteiger partial charge in [0.25, 0.3) is 0 Å². The SMILES string of the molecule is CC(C)(C)CCC(NC(=O)Cc1c[nH]c2ccccc12)C(=O)O. The standard InChI is InChI=1S/C18H24N2O3/c1-18(2,3)9-8-15(17(22)23)20-16(21)10-12-11-19-14-7-5-4-6-13(12)14/h4-7,11,15,19H,8-10H2,1-3H3,(H,20,21)(H,22,23). The molecular formula is C18H24N2O3. The molecule has 0 saturated heterocycles. The number of aliphatic carboxylic acids is 1. The highest BCUT2D eigenvalue weighted by Gasteiger charge is 2.23. The lowest BCUT2D eigenvalue weighted by atomic mass is 9.88. The highest BCUT2D eigenvalue weighted by Crippen LogP contribution is 2.22. The maximum Gasteiger partial charge on any atom is 0.326 e. The number of carbonyl (C=O) groups excluding carboxylic acids is 1. The van der Waals surface area contributed by atoms with Crippen LogP contribution in [0.1, 0.15) is 39.2 Å². The van der Waals surface area contributed by atoms with Crippen LogP contribution in [0.5, 0.6) is 0 Å². The molecule has 1 heterocycles. The lowest BCUT2D eigenvalue weighted by Crippen LogP contribution is -2.42. The molecule has 5 nitrogen and oxygen atoms in total. The number of carbonyl (C=O) groups is 2. The molecule has 124 valence electrons. The molecule has 5 heteroatoms. The number of rotatable bonds is 6. The average Bonchev–Trinajstić information content (AvgIpc) is 2.85. The summed E-state index contributed by atoms with van der Waals surface area (Å²) < 4.78 is 0. The second-order valence-corrected chi connectivity index (χ2v) is 7.09. The van der Waals surface area contributed by atoms with Crippen LogP contribution in [-0.4, -0.2) is 28.0 Å². The average molecular weight is 316 g/mol. The van der Waals surface area contributed by atoms with Crippen LogP contribution < -0.4 is 5.32 Å². The van der Waals surface area contributed by atoms with Gasteiger partial charge in [0.1, 0.15) is 6.04 Å². The lowest BCUT2D eigenvalue weighted by molar-refractivity contribution is -0.142. The molecule has 0 aliphatic rings. The van der Waals surface area contributed by atoms with Crippen LogP contribution in [-0.2, 0) is 16.0 Å². The summed E-state index contributed by atoms with van der Waals surface area (Å²) in [5.74, 6) is -1.25. The molecule has 2 rings (SSSR count). The Morgan fingerprint density at radius 2 is 1.96 bits per heavy atom. The topological polar surface area (TPSA) is 82.2 Å². The van der Waals surface area contributed by atoms with Gasteiger partial charge in [-0.25, -0.2) is 4.79 Å². The number of aromatic nitrogens is 1. The summed E-state index contributed by atoms with van der Waals surface area (Å²) in [6.07, 6.45) is 3.13. The number of hydrogen-bond donors (Lipinski definition) is 3. The van der Waals surface area contributed by atoms with Gasteiger partial charge in [0, 0.05) is 17.1 Å². The fourth-order valence-electron chi connectivity index (χ4n) is 2.53. The highest BCUT2D eigenvalue weighted by atomic mass is 16.4. The molecule has 0 radical (unpaired) electrons. The Hall–Kier alpha value is -2.30. The van der Waals surface area contributed by atoms with E-state index in [0.29, 0.717) is 6.42 Å². The van der Waals surface area contributed by atoms with E-state index in [4.69, 9.17) is 0 Å². The van der Waals surface area contributed by atoms with Crippen molar-refractivity contribution in [2.75, 3.05) is 0 Å². The normalized spacial score (nSPS) is 13.0. The van der Waals surface area contributed by atoms with E-state index in [1.54, 1.807) is 6.20 Å². The molecule has 1 atom stereocenters. The summed E-state index contributed by atoms with van der Waals surface area (Å²) in [6, 6.07) is 6.89. The van der Waals surface area contributed by atoms with Crippen LogP contribution >= 0.6 is 0 Å². The van der Waals surface area contributed by atoms with Crippen molar-refractivity contribution >= 4 is 22.8 Å². The predicted octanol–water partition coefficient (Wildman–Crippen LogP) is 3.11. The molecule has 23 heavy (non-hydrogen) atoms. The molecule has 0 bridgehead atoms. The molecule has 1 unspecified atom stereocenters. The number of hydrogen-bond acceptors (Lipinski definition) is 2. The quantitative estimate of drug-likeness (QED) is 0.766. The first-order valence-corrected chi connectivity index (χ1v) is 7.83. The fourth-order valence-corrected chi connectivity index (χ4v) is 2.53. The van der Waals surface area contributed by atoms with Crippen molar-refractivity contribution in [3.63, 3.8) is 0 Å². The van der Waals surface area contributed by atoms with Gasteiger partial charge in [0.15, 0.2) is 0 Å². The summed E-state index contributed by atoms with van der Waals surface area (Å²) in [4.78, 5) is 26.7. The minimum Gasteiger partial charge on any atom is -0.480 e. The lowest BCUT2D eigenvalue weighted by Gasteiger charge is -2.21. The maximum absolute atomic E-state index is 12.2. The van der Waals surface area contributed by atoms with Gasteiger partial charge < -0.3 is 15.4 Å². The molecule has 0 fully saturated rings. The van der Waals surface area contributed by atoms with E-state index >= 15 is 0 Å². The first kappa shape index (κ1) is 17.1. The van der Waals surface area contributed by atoms with Crippen molar-refractivity contribution in [1.82, 2.24) is 10.3 Å². The fraction of sp³-hybridized carbons (Fsp3) is 0.444. The van der Waals surface area contributed by atoms with E-state index < -0.39 is 12.0 Å². The number of aromatic amines is 1. The molecule has 1 amide bonds. The van der Waals surface area contributed by atoms with Gasteiger partial charge in [-0.1, -0.05) is 39.0 Å². The summed E-state index contributed by atoms with van der Waals surface area (Å²) in [5, 5.41) is 12.9. The molecule has 1 aromatic heterocycles. The van der Waals surface area contributed by atoms with E-state index in [1.807, 2.05) is 24.3 Å². The van der Waals surface area contributed by atoms with Crippen molar-refractivity contribution in [3.05, 3.63) is 36.0 Å². The van der Waals surface area contributed by atoms with Gasteiger partial charge in [0.05, 0.1) is 6.42 Å². The van der Waals surface area contributed by atoms with Crippen LogP contribution in [0.15, 0.2) is 30.5 Å². The number of para-hydroxylation sites is 1. The van der Waals surface area contributed by atoms with E-state index in [0.717, 1.165) is 22.9 Å². The van der Waals surface area contributed by atoms with E-state index in [9.17, 15) is 14.7 Å². The number of carboxylic acids is 1. The summed E-state index contributed by atoms with van der Waals surface area (Å²) in [5.41, 5.74) is 1.88. The number of fused-ring (bicyclic) bond motifs is 1. The molecule has 0 saturated carbocycles. The van der Waals surface area contributed by atoms with Gasteiger partial charge in [-0.3, -0.25) is 4.79 Å². The zero-order chi connectivity index (χ0) is 17.0. The Kier molecular flexibility index (Phi) is 5.08. The zero-order valence-electron chi connectivity index (χ0n) is 13.8. The molecule has 2 aromatic rings. The van der Waals surface area contributed by atoms with Crippen LogP contribution in [0.4, 0.5) is 0 Å². The van der Waals surface area contributed by atoms with Crippen LogP contribution in [0.25, 0.3) is 10.9 Å². The second kappa shape index (κ2) is 6.86. The maximum atomic E-state index is 12.2. The Bertz CT molecular complexity index is 698. The number of carboxylic acid groups (broad SMARTS) is 1. The molecule has 0 aliphatic carbocycles. The third kappa shape index (κ3) is 4.84. The van der Waals surface area contributed by atoms with Crippen molar-refractivity contribution < 1.29 is 14.7 Å². The Balaban J connectivity index is 2.00. The summed E-state index contributed by atoms with van der Waals surface area (Å²) >= 11 is 0. The van der Waals surface area contributed by atoms with Crippen LogP contribution in [0.3, 0.4) is 0 Å². The number of H-pyrrole nitrogens is 1. The Morgan fingerprint density at radius 3 is 2.61 bits per heavy atom. The smallest absolute Gasteiger partial charge is 0.326 e. The molecule has 1 aromatic carbocycles. The number of nitrogens with one attached hydrogen (secondary N) is 2. The van der Waals surface area contributed by atoms with Gasteiger partial charge in [-0.2, -0.15) is 0 Å². The van der Waals surface area contributed by atoms with Crippen molar-refractivity contribution in [1.29, 1.82) is 0 Å². The third-order valence-corrected chi connectivity index (χ3v) is 3.84. The predicted molar refractivity (Wildman–Crippen MR) is 90.3 cm³/mol. The minimum atomic E-state index is -0.985. The van der Waals surface area contributed by atoms with E-state index in [1.165, 1.54) is 0 Å². The highest BCUT2D eigenvalue weighted by molar-refractivity contribution is 5.90. The molecule has 0 spiro atoms. The summed E-state index contributed by atoms with van der Waals surface area (Å²) in [7, 11) is 0. The van der Waals surface area contributed by atoms with Crippen molar-refractivity contribution in [2.24, 2.45) is 5.41 Å². The number of benzene rings is 1. The summed E-state index contributed by atoms with van der Waals surface area (Å²) in [6.45, 7) is 6.17. The zero-order valence-corrected chi connectivity index (χ0v) is 13.8. The first-order valence-electron chi connectivity index (χ1n) is 7.83. The van der Waals surface area contributed by atoms with Crippen LogP contribution in [0, 0.1) is 5.41 Å². The minimum absolute atomic E-state index is 0.0370. The van der Waals surface area contributed by atoms with Gasteiger partial charge in [-0.15, -0.1) is 0 Å². The molecule has 0 aliphatic heterocycles. The Labute approximate surface area is 136 Å². The van der Waals surface area contributed by atoms with Crippen molar-refractivity contribution in [2.45, 2.75) is 46.1 Å². The van der Waals surface area contributed by atoms with E-state index in [2.05, 4.69) is 31.1 Å². The van der Waals surface area contributed by atoms with Crippen molar-refractivity contribution in [3.8, 4) is 0 Å². The molecule has 3 N–H and O–H groups in total.